The van der Waals surface area contributed by atoms with E-state index in [1.807, 2.05) is 49.4 Å². The molecule has 1 saturated heterocycles. The molecule has 0 N–H and O–H groups in total. The maximum absolute atomic E-state index is 13.5. The number of aromatic nitrogens is 2. The number of rotatable bonds is 10. The normalized spacial score (nSPS) is 15.0. The molecule has 2 aromatic heterocycles. The number of carbonyl (C=O) groups excluding carboxylic acids is 1. The Morgan fingerprint density at radius 1 is 1.03 bits per heavy atom. The second-order valence-electron chi connectivity index (χ2n) is 8.59. The van der Waals surface area contributed by atoms with Gasteiger partial charge in [0.05, 0.1) is 10.5 Å². The quantitative estimate of drug-likeness (QED) is 0.127. The van der Waals surface area contributed by atoms with Crippen LogP contribution in [0.2, 0.25) is 0 Å². The summed E-state index contributed by atoms with van der Waals surface area (Å²) in [6.45, 7) is 4.76. The minimum atomic E-state index is -0.196. The summed E-state index contributed by atoms with van der Waals surface area (Å²) < 4.78 is 2.10. The van der Waals surface area contributed by atoms with Crippen LogP contribution in [0.5, 0.6) is 0 Å². The summed E-state index contributed by atoms with van der Waals surface area (Å²) in [6, 6.07) is 13.6. The molecule has 1 amide bonds. The second-order valence-corrected chi connectivity index (χ2v) is 11.3. The lowest BCUT2D eigenvalue weighted by molar-refractivity contribution is -0.122. The van der Waals surface area contributed by atoms with Crippen molar-refractivity contribution in [1.82, 2.24) is 14.3 Å². The van der Waals surface area contributed by atoms with Crippen LogP contribution in [-0.4, -0.2) is 31.1 Å². The van der Waals surface area contributed by atoms with Crippen LogP contribution in [-0.2, 0) is 4.79 Å². The average Bonchev–Trinajstić information content (AvgIpc) is 3.12. The highest BCUT2D eigenvalue weighted by Crippen LogP contribution is 2.35. The maximum Gasteiger partial charge on any atom is 0.266 e. The lowest BCUT2D eigenvalue weighted by atomic mass is 10.1. The number of thiocarbonyl (C=S) groups is 1. The number of pyridine rings is 1. The molecule has 4 rings (SSSR count). The van der Waals surface area contributed by atoms with Gasteiger partial charge in [0, 0.05) is 17.6 Å². The Bertz CT molecular complexity index is 1320. The van der Waals surface area contributed by atoms with Crippen molar-refractivity contribution in [2.24, 2.45) is 0 Å². The first kappa shape index (κ1) is 25.7. The van der Waals surface area contributed by atoms with Gasteiger partial charge >= 0.3 is 0 Å². The molecule has 0 radical (unpaired) electrons. The molecule has 0 aliphatic carbocycles. The minimum absolute atomic E-state index is 0.127. The zero-order valence-electron chi connectivity index (χ0n) is 20.0. The smallest absolute Gasteiger partial charge is 0.266 e. The van der Waals surface area contributed by atoms with E-state index >= 15 is 0 Å². The van der Waals surface area contributed by atoms with E-state index in [0.29, 0.717) is 32.0 Å². The lowest BCUT2D eigenvalue weighted by Crippen LogP contribution is -2.29. The molecule has 0 spiro atoms. The summed E-state index contributed by atoms with van der Waals surface area (Å²) in [5, 5.41) is 0.575. The monoisotopic (exact) mass is 523 g/mol. The predicted molar refractivity (Wildman–Crippen MR) is 150 cm³/mol. The van der Waals surface area contributed by atoms with E-state index < -0.39 is 0 Å². The van der Waals surface area contributed by atoms with E-state index in [2.05, 4.69) is 6.92 Å². The van der Waals surface area contributed by atoms with Gasteiger partial charge in [-0.05, 0) is 43.2 Å². The number of fused-ring (bicyclic) bond motifs is 1. The summed E-state index contributed by atoms with van der Waals surface area (Å²) in [4.78, 5) is 34.6. The Morgan fingerprint density at radius 2 is 1.77 bits per heavy atom. The molecule has 5 nitrogen and oxygen atoms in total. The number of nitrogens with zero attached hydrogens (tertiary/aromatic N) is 3. The molecule has 8 heteroatoms. The zero-order valence-corrected chi connectivity index (χ0v) is 22.5. The van der Waals surface area contributed by atoms with Crippen LogP contribution in [0.4, 0.5) is 0 Å². The molecule has 1 fully saturated rings. The molecule has 1 aliphatic rings. The third-order valence-electron chi connectivity index (χ3n) is 5.81. The fraction of sp³-hybridized carbons (Fsp3) is 0.333. The highest BCUT2D eigenvalue weighted by atomic mass is 32.2. The highest BCUT2D eigenvalue weighted by molar-refractivity contribution is 8.26. The Labute approximate surface area is 220 Å². The molecule has 3 aromatic rings. The van der Waals surface area contributed by atoms with Crippen molar-refractivity contribution >= 4 is 57.7 Å². The van der Waals surface area contributed by atoms with Gasteiger partial charge in [-0.1, -0.05) is 99.0 Å². The zero-order chi connectivity index (χ0) is 24.8. The average molecular weight is 524 g/mol. The predicted octanol–water partition coefficient (Wildman–Crippen LogP) is 6.72. The Morgan fingerprint density at radius 3 is 2.54 bits per heavy atom. The van der Waals surface area contributed by atoms with Crippen LogP contribution in [0.15, 0.2) is 68.3 Å². The third kappa shape index (κ3) is 6.23. The van der Waals surface area contributed by atoms with Crippen LogP contribution in [0.25, 0.3) is 11.7 Å². The Balaban J connectivity index is 1.64. The van der Waals surface area contributed by atoms with Gasteiger partial charge in [-0.2, -0.15) is 0 Å². The summed E-state index contributed by atoms with van der Waals surface area (Å²) in [5.41, 5.74) is 1.74. The maximum atomic E-state index is 13.5. The topological polar surface area (TPSA) is 54.7 Å². The van der Waals surface area contributed by atoms with E-state index in [4.69, 9.17) is 17.2 Å². The SMILES string of the molecule is CCCCCCCCN1C(=O)/C(=C/c2c(Sc3ccccc3)nc3ccc(C)cn3c2=O)SC1=S. The molecule has 1 aliphatic heterocycles. The number of unbranched alkanes of at least 4 members (excludes halogenated alkanes) is 5. The fourth-order valence-electron chi connectivity index (χ4n) is 3.91. The van der Waals surface area contributed by atoms with Crippen molar-refractivity contribution in [3.63, 3.8) is 0 Å². The van der Waals surface area contributed by atoms with Crippen molar-refractivity contribution in [2.75, 3.05) is 6.54 Å². The number of aryl methyl sites for hydroxylation is 1. The molecular formula is C27H29N3O2S3. The van der Waals surface area contributed by atoms with Gasteiger partial charge in [-0.25, -0.2) is 4.98 Å². The van der Waals surface area contributed by atoms with Gasteiger partial charge in [-0.15, -0.1) is 0 Å². The number of hydrogen-bond acceptors (Lipinski definition) is 6. The van der Waals surface area contributed by atoms with Crippen molar-refractivity contribution in [3.8, 4) is 0 Å². The lowest BCUT2D eigenvalue weighted by Gasteiger charge is -2.14. The standard InChI is InChI=1S/C27H29N3O2S3/c1-3-4-5-6-7-11-16-29-26(32)22(35-27(29)33)17-21-24(34-20-12-9-8-10-13-20)28-23-15-14-19(2)18-30(23)25(21)31/h8-10,12-15,17-18H,3-7,11,16H2,1-2H3/b22-17-. The largest absolute Gasteiger partial charge is 0.293 e. The number of amides is 1. The van der Waals surface area contributed by atoms with Crippen LogP contribution >= 0.6 is 35.7 Å². The van der Waals surface area contributed by atoms with Crippen LogP contribution in [0.1, 0.15) is 56.6 Å². The first-order chi connectivity index (χ1) is 17.0. The minimum Gasteiger partial charge on any atom is -0.293 e. The second kappa shape index (κ2) is 12.0. The van der Waals surface area contributed by atoms with Crippen LogP contribution in [0.3, 0.4) is 0 Å². The fourth-order valence-corrected chi connectivity index (χ4v) is 6.12. The number of benzene rings is 1. The van der Waals surface area contributed by atoms with Crippen molar-refractivity contribution in [1.29, 1.82) is 0 Å². The molecule has 1 aromatic carbocycles. The van der Waals surface area contributed by atoms with Crippen molar-refractivity contribution in [2.45, 2.75) is 62.3 Å². The van der Waals surface area contributed by atoms with Crippen LogP contribution < -0.4 is 5.56 Å². The molecule has 3 heterocycles. The van der Waals surface area contributed by atoms with Gasteiger partial charge in [0.25, 0.3) is 11.5 Å². The van der Waals surface area contributed by atoms with Crippen LogP contribution in [0, 0.1) is 6.92 Å². The van der Waals surface area contributed by atoms with Gasteiger partial charge in [0.15, 0.2) is 0 Å². The molecule has 0 atom stereocenters. The molecular weight excluding hydrogens is 495 g/mol. The van der Waals surface area contributed by atoms with E-state index in [0.717, 1.165) is 23.3 Å². The Kier molecular flexibility index (Phi) is 8.81. The summed E-state index contributed by atoms with van der Waals surface area (Å²) >= 11 is 8.20. The summed E-state index contributed by atoms with van der Waals surface area (Å²) in [6.07, 6.45) is 10.3. The molecule has 0 saturated carbocycles. The van der Waals surface area contributed by atoms with Gasteiger partial charge < -0.3 is 0 Å². The summed E-state index contributed by atoms with van der Waals surface area (Å²) in [5.74, 6) is -0.127. The first-order valence-electron chi connectivity index (χ1n) is 12.0. The van der Waals surface area contributed by atoms with Gasteiger partial charge in [0.1, 0.15) is 15.0 Å². The molecule has 182 valence electrons. The van der Waals surface area contributed by atoms with E-state index in [1.165, 1.54) is 49.2 Å². The Hall–Kier alpha value is -2.42. The number of hydrogen-bond donors (Lipinski definition) is 0. The van der Waals surface area contributed by atoms with Gasteiger partial charge in [-0.3, -0.25) is 18.9 Å². The summed E-state index contributed by atoms with van der Waals surface area (Å²) in [7, 11) is 0. The third-order valence-corrected chi connectivity index (χ3v) is 8.20. The van der Waals surface area contributed by atoms with E-state index in [1.54, 1.807) is 21.6 Å². The van der Waals surface area contributed by atoms with E-state index in [9.17, 15) is 9.59 Å². The number of thioether (sulfide) groups is 1. The molecule has 0 unspecified atom stereocenters. The number of carbonyl (C=O) groups is 1. The van der Waals surface area contributed by atoms with Gasteiger partial charge in [0.2, 0.25) is 0 Å². The van der Waals surface area contributed by atoms with Crippen molar-refractivity contribution in [3.05, 3.63) is 75.0 Å². The van der Waals surface area contributed by atoms with E-state index in [-0.39, 0.29) is 11.5 Å². The van der Waals surface area contributed by atoms with Crippen molar-refractivity contribution < 1.29 is 4.79 Å². The first-order valence-corrected chi connectivity index (χ1v) is 14.0. The highest BCUT2D eigenvalue weighted by Gasteiger charge is 2.32. The molecule has 0 bridgehead atoms. The molecule has 35 heavy (non-hydrogen) atoms.